The molecule has 5 heteroatoms. The predicted molar refractivity (Wildman–Crippen MR) is 125 cm³/mol. The minimum Gasteiger partial charge on any atom is -0.480 e. The molecule has 0 aliphatic heterocycles. The van der Waals surface area contributed by atoms with Gasteiger partial charge in [-0.2, -0.15) is 0 Å². The van der Waals surface area contributed by atoms with Gasteiger partial charge in [-0.3, -0.25) is 4.90 Å². The van der Waals surface area contributed by atoms with Gasteiger partial charge in [-0.15, -0.1) is 0 Å². The molecule has 0 spiro atoms. The first kappa shape index (κ1) is 22.4. The van der Waals surface area contributed by atoms with E-state index in [0.717, 1.165) is 29.9 Å². The molecule has 2 aliphatic rings. The summed E-state index contributed by atoms with van der Waals surface area (Å²) in [5.74, 6) is -0.200. The van der Waals surface area contributed by atoms with Gasteiger partial charge in [-0.1, -0.05) is 93.5 Å². The summed E-state index contributed by atoms with van der Waals surface area (Å²) < 4.78 is 5.64. The molecule has 5 nitrogen and oxygen atoms in total. The number of nitrogens with zero attached hydrogens (tertiary/aromatic N) is 1. The number of carboxylic acid groups (broad SMARTS) is 1. The van der Waals surface area contributed by atoms with Crippen molar-refractivity contribution in [1.82, 2.24) is 4.90 Å². The fraction of sp³-hybridized carbons (Fsp3) is 0.481. The fourth-order valence-corrected chi connectivity index (χ4v) is 5.38. The number of fused-ring (bicyclic) bond motifs is 3. The SMILES string of the molecule is CN(C(=O)OCC1c2ccccc2-c2ccccc21)[C@@H](CCCCC1CCCC1)C(=O)O. The number of likely N-dealkylation sites (N-methyl/N-ethyl adjacent to an activating group) is 1. The number of carboxylic acids is 1. The molecule has 2 aliphatic carbocycles. The molecule has 170 valence electrons. The zero-order chi connectivity index (χ0) is 22.5. The number of benzene rings is 2. The van der Waals surface area contributed by atoms with Crippen molar-refractivity contribution in [2.75, 3.05) is 13.7 Å². The summed E-state index contributed by atoms with van der Waals surface area (Å²) in [6.07, 6.45) is 8.16. The van der Waals surface area contributed by atoms with Gasteiger partial charge >= 0.3 is 12.1 Å². The van der Waals surface area contributed by atoms with E-state index in [9.17, 15) is 14.7 Å². The Labute approximate surface area is 190 Å². The molecule has 2 aromatic carbocycles. The van der Waals surface area contributed by atoms with Crippen LogP contribution >= 0.6 is 0 Å². The second kappa shape index (κ2) is 10.2. The van der Waals surface area contributed by atoms with Crippen LogP contribution in [0.2, 0.25) is 0 Å². The first-order chi connectivity index (χ1) is 15.6. The Kier molecular flexibility index (Phi) is 7.13. The van der Waals surface area contributed by atoms with Gasteiger partial charge in [-0.05, 0) is 34.6 Å². The monoisotopic (exact) mass is 435 g/mol. The lowest BCUT2D eigenvalue weighted by atomic mass is 9.98. The number of carbonyl (C=O) groups excluding carboxylic acids is 1. The van der Waals surface area contributed by atoms with E-state index in [4.69, 9.17) is 4.74 Å². The lowest BCUT2D eigenvalue weighted by Gasteiger charge is -2.25. The number of rotatable bonds is 9. The summed E-state index contributed by atoms with van der Waals surface area (Å²) in [6, 6.07) is 15.5. The molecule has 32 heavy (non-hydrogen) atoms. The highest BCUT2D eigenvalue weighted by Crippen LogP contribution is 2.44. The van der Waals surface area contributed by atoms with Crippen LogP contribution in [0.3, 0.4) is 0 Å². The van der Waals surface area contributed by atoms with Gasteiger partial charge in [0.2, 0.25) is 0 Å². The maximum Gasteiger partial charge on any atom is 0.410 e. The zero-order valence-electron chi connectivity index (χ0n) is 18.8. The summed E-state index contributed by atoms with van der Waals surface area (Å²) in [6.45, 7) is 0.200. The topological polar surface area (TPSA) is 66.8 Å². The Bertz CT molecular complexity index is 905. The van der Waals surface area contributed by atoms with Crippen LogP contribution in [-0.2, 0) is 9.53 Å². The molecule has 1 fully saturated rings. The zero-order valence-corrected chi connectivity index (χ0v) is 18.8. The molecule has 1 N–H and O–H groups in total. The van der Waals surface area contributed by atoms with Gasteiger partial charge in [0.1, 0.15) is 12.6 Å². The average Bonchev–Trinajstić information content (AvgIpc) is 3.43. The van der Waals surface area contributed by atoms with Crippen LogP contribution in [0.25, 0.3) is 11.1 Å². The van der Waals surface area contributed by atoms with Crippen molar-refractivity contribution in [3.63, 3.8) is 0 Å². The van der Waals surface area contributed by atoms with Gasteiger partial charge in [0.05, 0.1) is 0 Å². The molecule has 1 saturated carbocycles. The summed E-state index contributed by atoms with van der Waals surface area (Å²) in [4.78, 5) is 25.8. The molecule has 2 aromatic rings. The number of aliphatic carboxylic acids is 1. The third kappa shape index (κ3) is 4.82. The van der Waals surface area contributed by atoms with Crippen molar-refractivity contribution < 1.29 is 19.4 Å². The highest BCUT2D eigenvalue weighted by molar-refractivity contribution is 5.81. The van der Waals surface area contributed by atoms with Gasteiger partial charge in [0.25, 0.3) is 0 Å². The Balaban J connectivity index is 1.33. The van der Waals surface area contributed by atoms with E-state index in [0.29, 0.717) is 6.42 Å². The maximum absolute atomic E-state index is 12.8. The number of hydrogen-bond acceptors (Lipinski definition) is 3. The van der Waals surface area contributed by atoms with Crippen molar-refractivity contribution in [2.45, 2.75) is 63.3 Å². The van der Waals surface area contributed by atoms with Crippen LogP contribution in [0.1, 0.15) is 68.4 Å². The normalized spacial score (nSPS) is 16.4. The molecule has 0 aromatic heterocycles. The number of carbonyl (C=O) groups is 2. The van der Waals surface area contributed by atoms with E-state index in [-0.39, 0.29) is 12.5 Å². The summed E-state index contributed by atoms with van der Waals surface area (Å²) in [7, 11) is 1.54. The van der Waals surface area contributed by atoms with Crippen LogP contribution in [0, 0.1) is 5.92 Å². The van der Waals surface area contributed by atoms with Crippen molar-refractivity contribution in [3.8, 4) is 11.1 Å². The average molecular weight is 436 g/mol. The van der Waals surface area contributed by atoms with Crippen molar-refractivity contribution in [3.05, 3.63) is 59.7 Å². The van der Waals surface area contributed by atoms with E-state index in [1.165, 1.54) is 55.2 Å². The maximum atomic E-state index is 12.8. The molecule has 4 rings (SSSR count). The largest absolute Gasteiger partial charge is 0.480 e. The molecular formula is C27H33NO4. The molecule has 1 atom stereocenters. The molecule has 0 heterocycles. The molecule has 1 amide bonds. The van der Waals surface area contributed by atoms with E-state index in [1.807, 2.05) is 24.3 Å². The van der Waals surface area contributed by atoms with Crippen molar-refractivity contribution in [2.24, 2.45) is 5.92 Å². The van der Waals surface area contributed by atoms with Gasteiger partial charge in [0, 0.05) is 13.0 Å². The fourth-order valence-electron chi connectivity index (χ4n) is 5.38. The van der Waals surface area contributed by atoms with Crippen LogP contribution in [0.15, 0.2) is 48.5 Å². The molecule has 0 radical (unpaired) electrons. The van der Waals surface area contributed by atoms with Gasteiger partial charge < -0.3 is 9.84 Å². The Morgan fingerprint density at radius 3 is 2.19 bits per heavy atom. The minimum absolute atomic E-state index is 0.0329. The first-order valence-corrected chi connectivity index (χ1v) is 11.9. The second-order valence-corrected chi connectivity index (χ2v) is 9.20. The van der Waals surface area contributed by atoms with Crippen LogP contribution in [0.4, 0.5) is 4.79 Å². The van der Waals surface area contributed by atoms with E-state index < -0.39 is 18.1 Å². The van der Waals surface area contributed by atoms with Crippen molar-refractivity contribution >= 4 is 12.1 Å². The van der Waals surface area contributed by atoms with Crippen LogP contribution in [-0.4, -0.2) is 41.8 Å². The third-order valence-corrected chi connectivity index (χ3v) is 7.19. The minimum atomic E-state index is -0.970. The molecule has 0 bridgehead atoms. The van der Waals surface area contributed by atoms with Crippen LogP contribution < -0.4 is 0 Å². The Morgan fingerprint density at radius 1 is 1.00 bits per heavy atom. The first-order valence-electron chi connectivity index (χ1n) is 11.9. The number of amides is 1. The number of hydrogen-bond donors (Lipinski definition) is 1. The van der Waals surface area contributed by atoms with Crippen LogP contribution in [0.5, 0.6) is 0 Å². The lowest BCUT2D eigenvalue weighted by Crippen LogP contribution is -2.43. The van der Waals surface area contributed by atoms with Gasteiger partial charge in [0.15, 0.2) is 0 Å². The Hall–Kier alpha value is -2.82. The number of ether oxygens (including phenoxy) is 1. The predicted octanol–water partition coefficient (Wildman–Crippen LogP) is 6.07. The van der Waals surface area contributed by atoms with Crippen molar-refractivity contribution in [1.29, 1.82) is 0 Å². The van der Waals surface area contributed by atoms with E-state index >= 15 is 0 Å². The smallest absolute Gasteiger partial charge is 0.410 e. The lowest BCUT2D eigenvalue weighted by molar-refractivity contribution is -0.142. The summed E-state index contributed by atoms with van der Waals surface area (Å²) >= 11 is 0. The third-order valence-electron chi connectivity index (χ3n) is 7.19. The van der Waals surface area contributed by atoms with E-state index in [1.54, 1.807) is 0 Å². The molecular weight excluding hydrogens is 402 g/mol. The highest BCUT2D eigenvalue weighted by atomic mass is 16.6. The van der Waals surface area contributed by atoms with E-state index in [2.05, 4.69) is 24.3 Å². The molecule has 0 saturated heterocycles. The quantitative estimate of drug-likeness (QED) is 0.485. The molecule has 0 unspecified atom stereocenters. The Morgan fingerprint density at radius 2 is 1.59 bits per heavy atom. The summed E-state index contributed by atoms with van der Waals surface area (Å²) in [5.41, 5.74) is 4.63. The van der Waals surface area contributed by atoms with Gasteiger partial charge in [-0.25, -0.2) is 9.59 Å². The highest BCUT2D eigenvalue weighted by Gasteiger charge is 2.31. The summed E-state index contributed by atoms with van der Waals surface area (Å²) in [5, 5.41) is 9.69. The second-order valence-electron chi connectivity index (χ2n) is 9.20. The standard InChI is InChI=1S/C27H33NO4/c1-28(25(26(29)30)17-9-4-12-19-10-2-3-11-19)27(31)32-18-24-22-15-7-5-13-20(22)21-14-6-8-16-23(21)24/h5-8,13-16,19,24-25H,2-4,9-12,17-18H2,1H3,(H,29,30)/t25-/m0/s1. The number of unbranched alkanes of at least 4 members (excludes halogenated alkanes) is 1.